The van der Waals surface area contributed by atoms with Gasteiger partial charge in [0.1, 0.15) is 11.3 Å². The van der Waals surface area contributed by atoms with Crippen LogP contribution in [0.2, 0.25) is 0 Å². The minimum absolute atomic E-state index is 0.220. The van der Waals surface area contributed by atoms with E-state index in [2.05, 4.69) is 4.98 Å². The van der Waals surface area contributed by atoms with Gasteiger partial charge < -0.3 is 20.6 Å². The van der Waals surface area contributed by atoms with Gasteiger partial charge in [-0.25, -0.2) is 4.98 Å². The number of ether oxygens (including phenoxy) is 1. The lowest BCUT2D eigenvalue weighted by molar-refractivity contribution is 0.100. The lowest BCUT2D eigenvalue weighted by atomic mass is 10.1. The maximum absolute atomic E-state index is 11.5. The Morgan fingerprint density at radius 3 is 2.57 bits per heavy atom. The molecule has 1 heterocycles. The van der Waals surface area contributed by atoms with E-state index in [4.69, 9.17) is 20.6 Å². The Balaban J connectivity index is 2.16. The zero-order valence-corrected chi connectivity index (χ0v) is 11.3. The highest BCUT2D eigenvalue weighted by molar-refractivity contribution is 6.05. The van der Waals surface area contributed by atoms with E-state index in [1.165, 1.54) is 6.07 Å². The van der Waals surface area contributed by atoms with Gasteiger partial charge in [0.05, 0.1) is 12.7 Å². The van der Waals surface area contributed by atoms with Crippen molar-refractivity contribution in [3.63, 3.8) is 0 Å². The number of nitrogens with zero attached hydrogens (tertiary/aromatic N) is 1. The van der Waals surface area contributed by atoms with Gasteiger partial charge in [0.25, 0.3) is 5.91 Å². The summed E-state index contributed by atoms with van der Waals surface area (Å²) in [5.74, 6) is 0.516. The molecule has 1 amide bonds. The van der Waals surface area contributed by atoms with Crippen LogP contribution in [0.1, 0.15) is 10.4 Å². The number of aromatic nitrogens is 1. The number of amides is 1. The molecular formula is C15H13N3O3. The summed E-state index contributed by atoms with van der Waals surface area (Å²) in [4.78, 5) is 15.8. The minimum Gasteiger partial charge on any atom is -0.497 e. The van der Waals surface area contributed by atoms with E-state index >= 15 is 0 Å². The molecule has 0 spiro atoms. The zero-order valence-electron chi connectivity index (χ0n) is 11.3. The maximum atomic E-state index is 11.5. The zero-order chi connectivity index (χ0) is 15.0. The van der Waals surface area contributed by atoms with E-state index in [0.717, 1.165) is 11.3 Å². The fraction of sp³-hybridized carbons (Fsp3) is 0.0667. The molecule has 2 aromatic carbocycles. The summed E-state index contributed by atoms with van der Waals surface area (Å²) in [5.41, 5.74) is 13.3. The van der Waals surface area contributed by atoms with Gasteiger partial charge in [-0.1, -0.05) is 0 Å². The second-order valence-corrected chi connectivity index (χ2v) is 4.53. The van der Waals surface area contributed by atoms with Crippen molar-refractivity contribution in [2.45, 2.75) is 0 Å². The number of nitrogen functional groups attached to an aromatic ring is 1. The van der Waals surface area contributed by atoms with Crippen molar-refractivity contribution in [1.82, 2.24) is 4.98 Å². The van der Waals surface area contributed by atoms with Crippen LogP contribution in [0, 0.1) is 0 Å². The second kappa shape index (κ2) is 4.82. The summed E-state index contributed by atoms with van der Waals surface area (Å²) in [5, 5.41) is 0. The summed E-state index contributed by atoms with van der Waals surface area (Å²) >= 11 is 0. The number of anilines is 1. The van der Waals surface area contributed by atoms with E-state index in [0.29, 0.717) is 22.7 Å². The summed E-state index contributed by atoms with van der Waals surface area (Å²) in [6.45, 7) is 0. The SMILES string of the molecule is COc1ccc(-c2nc3cc(N)cc(C(N)=O)c3o2)cc1. The van der Waals surface area contributed by atoms with Crippen LogP contribution >= 0.6 is 0 Å². The van der Waals surface area contributed by atoms with Gasteiger partial charge in [0, 0.05) is 11.3 Å². The Bertz CT molecular complexity index is 822. The quantitative estimate of drug-likeness (QED) is 0.717. The number of hydrogen-bond acceptors (Lipinski definition) is 5. The summed E-state index contributed by atoms with van der Waals surface area (Å²) in [6, 6.07) is 10.3. The standard InChI is InChI=1S/C15H13N3O3/c1-20-10-4-2-8(3-5-10)15-18-12-7-9(16)6-11(14(17)19)13(12)21-15/h2-7H,16H2,1H3,(H2,17,19). The topological polar surface area (TPSA) is 104 Å². The van der Waals surface area contributed by atoms with Crippen LogP contribution in [0.25, 0.3) is 22.6 Å². The molecule has 0 saturated heterocycles. The summed E-state index contributed by atoms with van der Waals surface area (Å²) in [7, 11) is 1.59. The molecule has 0 radical (unpaired) electrons. The molecule has 21 heavy (non-hydrogen) atoms. The average Bonchev–Trinajstić information content (AvgIpc) is 2.90. The highest BCUT2D eigenvalue weighted by Gasteiger charge is 2.16. The van der Waals surface area contributed by atoms with Crippen molar-refractivity contribution in [2.75, 3.05) is 12.8 Å². The molecule has 0 aliphatic heterocycles. The first kappa shape index (κ1) is 13.0. The number of fused-ring (bicyclic) bond motifs is 1. The number of hydrogen-bond donors (Lipinski definition) is 2. The first-order chi connectivity index (χ1) is 10.1. The Morgan fingerprint density at radius 1 is 1.24 bits per heavy atom. The Hall–Kier alpha value is -3.02. The molecule has 6 heteroatoms. The van der Waals surface area contributed by atoms with Gasteiger partial charge >= 0.3 is 0 Å². The third-order valence-electron chi connectivity index (χ3n) is 3.11. The molecule has 4 N–H and O–H groups in total. The molecule has 0 aliphatic rings. The molecule has 0 atom stereocenters. The highest BCUT2D eigenvalue weighted by Crippen LogP contribution is 2.29. The average molecular weight is 283 g/mol. The Kier molecular flexibility index (Phi) is 2.98. The molecule has 0 fully saturated rings. The van der Waals surface area contributed by atoms with Crippen molar-refractivity contribution >= 4 is 22.7 Å². The van der Waals surface area contributed by atoms with Crippen LogP contribution in [-0.4, -0.2) is 18.0 Å². The molecule has 1 aromatic heterocycles. The van der Waals surface area contributed by atoms with Gasteiger partial charge in [0.15, 0.2) is 5.58 Å². The second-order valence-electron chi connectivity index (χ2n) is 4.53. The molecule has 106 valence electrons. The van der Waals surface area contributed by atoms with Gasteiger partial charge in [-0.05, 0) is 36.4 Å². The van der Waals surface area contributed by atoms with E-state index < -0.39 is 5.91 Å². The van der Waals surface area contributed by atoms with Crippen molar-refractivity contribution in [3.05, 3.63) is 42.0 Å². The van der Waals surface area contributed by atoms with Crippen LogP contribution in [-0.2, 0) is 0 Å². The van der Waals surface area contributed by atoms with Gasteiger partial charge in [-0.2, -0.15) is 0 Å². The lowest BCUT2D eigenvalue weighted by Crippen LogP contribution is -2.11. The van der Waals surface area contributed by atoms with Crippen molar-refractivity contribution < 1.29 is 13.9 Å². The molecule has 0 bridgehead atoms. The maximum Gasteiger partial charge on any atom is 0.252 e. The van der Waals surface area contributed by atoms with Crippen LogP contribution in [0.5, 0.6) is 5.75 Å². The number of carbonyl (C=O) groups is 1. The summed E-state index contributed by atoms with van der Waals surface area (Å²) < 4.78 is 10.8. The predicted molar refractivity (Wildman–Crippen MR) is 78.9 cm³/mol. The number of oxazole rings is 1. The number of carbonyl (C=O) groups excluding carboxylic acids is 1. The molecule has 6 nitrogen and oxygen atoms in total. The first-order valence-corrected chi connectivity index (χ1v) is 6.23. The van der Waals surface area contributed by atoms with Crippen LogP contribution in [0.4, 0.5) is 5.69 Å². The van der Waals surface area contributed by atoms with E-state index in [9.17, 15) is 4.79 Å². The van der Waals surface area contributed by atoms with Crippen LogP contribution in [0.15, 0.2) is 40.8 Å². The van der Waals surface area contributed by atoms with Crippen LogP contribution < -0.4 is 16.2 Å². The van der Waals surface area contributed by atoms with E-state index in [1.807, 2.05) is 12.1 Å². The van der Waals surface area contributed by atoms with Gasteiger partial charge in [-0.3, -0.25) is 4.79 Å². The first-order valence-electron chi connectivity index (χ1n) is 6.23. The molecular weight excluding hydrogens is 270 g/mol. The number of primary amides is 1. The number of benzene rings is 2. The smallest absolute Gasteiger partial charge is 0.252 e. The van der Waals surface area contributed by atoms with Crippen molar-refractivity contribution in [3.8, 4) is 17.2 Å². The predicted octanol–water partition coefficient (Wildman–Crippen LogP) is 2.18. The van der Waals surface area contributed by atoms with E-state index in [-0.39, 0.29) is 5.56 Å². The largest absolute Gasteiger partial charge is 0.497 e. The van der Waals surface area contributed by atoms with Gasteiger partial charge in [-0.15, -0.1) is 0 Å². The third-order valence-corrected chi connectivity index (χ3v) is 3.11. The molecule has 0 aliphatic carbocycles. The fourth-order valence-corrected chi connectivity index (χ4v) is 2.09. The van der Waals surface area contributed by atoms with E-state index in [1.54, 1.807) is 25.3 Å². The Morgan fingerprint density at radius 2 is 1.95 bits per heavy atom. The van der Waals surface area contributed by atoms with Crippen molar-refractivity contribution in [1.29, 1.82) is 0 Å². The number of nitrogens with two attached hydrogens (primary N) is 2. The number of rotatable bonds is 3. The highest BCUT2D eigenvalue weighted by atomic mass is 16.5. The molecule has 0 saturated carbocycles. The Labute approximate surface area is 120 Å². The fourth-order valence-electron chi connectivity index (χ4n) is 2.09. The normalized spacial score (nSPS) is 10.7. The molecule has 3 aromatic rings. The van der Waals surface area contributed by atoms with Crippen molar-refractivity contribution in [2.24, 2.45) is 5.73 Å². The minimum atomic E-state index is -0.607. The molecule has 0 unspecified atom stereocenters. The summed E-state index contributed by atoms with van der Waals surface area (Å²) in [6.07, 6.45) is 0. The van der Waals surface area contributed by atoms with Gasteiger partial charge in [0.2, 0.25) is 5.89 Å². The van der Waals surface area contributed by atoms with Crippen LogP contribution in [0.3, 0.4) is 0 Å². The monoisotopic (exact) mass is 283 g/mol. The number of methoxy groups -OCH3 is 1. The molecule has 3 rings (SSSR count). The lowest BCUT2D eigenvalue weighted by Gasteiger charge is -1.99. The third kappa shape index (κ3) is 2.27.